The Balaban J connectivity index is 1.32. The molecule has 1 N–H and O–H groups in total. The summed E-state index contributed by atoms with van der Waals surface area (Å²) < 4.78 is 7.25. The van der Waals surface area contributed by atoms with Gasteiger partial charge in [-0.1, -0.05) is 30.0 Å². The van der Waals surface area contributed by atoms with Gasteiger partial charge in [0.05, 0.1) is 18.6 Å². The summed E-state index contributed by atoms with van der Waals surface area (Å²) in [6.45, 7) is 0.324. The molecule has 0 radical (unpaired) electrons. The molecule has 5 rings (SSSR count). The Morgan fingerprint density at radius 1 is 1.09 bits per heavy atom. The van der Waals surface area contributed by atoms with E-state index in [1.807, 2.05) is 53.1 Å². The van der Waals surface area contributed by atoms with Gasteiger partial charge in [0.2, 0.25) is 0 Å². The average Bonchev–Trinajstić information content (AvgIpc) is 3.63. The molecule has 0 fully saturated rings. The van der Waals surface area contributed by atoms with Crippen LogP contribution in [0.4, 0.5) is 0 Å². The highest BCUT2D eigenvalue weighted by molar-refractivity contribution is 7.98. The average molecular weight is 475 g/mol. The first kappa shape index (κ1) is 21.1. The van der Waals surface area contributed by atoms with Gasteiger partial charge in [-0.2, -0.15) is 0 Å². The third kappa shape index (κ3) is 4.86. The van der Waals surface area contributed by atoms with Crippen molar-refractivity contribution in [1.29, 1.82) is 0 Å². The van der Waals surface area contributed by atoms with E-state index in [2.05, 4.69) is 25.5 Å². The third-order valence-corrected chi connectivity index (χ3v) is 6.65. The van der Waals surface area contributed by atoms with Crippen LogP contribution in [0.3, 0.4) is 0 Å². The first-order chi connectivity index (χ1) is 16.3. The van der Waals surface area contributed by atoms with Crippen LogP contribution in [0.5, 0.6) is 0 Å². The number of carbonyl (C=O) groups excluding carboxylic acids is 1. The van der Waals surface area contributed by atoms with Crippen LogP contribution in [0.1, 0.15) is 21.3 Å². The van der Waals surface area contributed by atoms with E-state index in [-0.39, 0.29) is 5.91 Å². The lowest BCUT2D eigenvalue weighted by molar-refractivity contribution is 0.0943. The lowest BCUT2D eigenvalue weighted by Gasteiger charge is -2.09. The van der Waals surface area contributed by atoms with Crippen LogP contribution in [-0.2, 0) is 12.3 Å². The maximum absolute atomic E-state index is 12.4. The van der Waals surface area contributed by atoms with Crippen LogP contribution in [0.25, 0.3) is 17.1 Å². The van der Waals surface area contributed by atoms with Gasteiger partial charge in [0.1, 0.15) is 16.5 Å². The summed E-state index contributed by atoms with van der Waals surface area (Å²) in [5.41, 5.74) is 2.23. The minimum atomic E-state index is -0.231. The van der Waals surface area contributed by atoms with Gasteiger partial charge in [0.25, 0.3) is 5.91 Å². The number of aromatic nitrogens is 5. The van der Waals surface area contributed by atoms with Crippen LogP contribution >= 0.6 is 23.1 Å². The first-order valence-electron chi connectivity index (χ1n) is 10.1. The van der Waals surface area contributed by atoms with E-state index in [0.717, 1.165) is 21.4 Å². The second kappa shape index (κ2) is 9.80. The zero-order valence-corrected chi connectivity index (χ0v) is 18.9. The molecule has 164 valence electrons. The van der Waals surface area contributed by atoms with Gasteiger partial charge >= 0.3 is 0 Å². The zero-order chi connectivity index (χ0) is 22.5. The van der Waals surface area contributed by atoms with Crippen LogP contribution in [0.2, 0.25) is 0 Å². The van der Waals surface area contributed by atoms with Gasteiger partial charge in [0.15, 0.2) is 11.0 Å². The molecule has 4 heterocycles. The molecule has 4 aromatic heterocycles. The van der Waals surface area contributed by atoms with E-state index in [1.165, 1.54) is 23.1 Å². The molecule has 5 aromatic rings. The number of nitrogens with one attached hydrogen (secondary N) is 1. The fourth-order valence-corrected chi connectivity index (χ4v) is 4.88. The minimum Gasteiger partial charge on any atom is -0.467 e. The van der Waals surface area contributed by atoms with E-state index >= 15 is 0 Å². The molecule has 8 nitrogen and oxygen atoms in total. The van der Waals surface area contributed by atoms with Crippen molar-refractivity contribution in [2.75, 3.05) is 0 Å². The number of para-hydroxylation sites is 1. The van der Waals surface area contributed by atoms with Crippen LogP contribution in [0, 0.1) is 0 Å². The number of hydrogen-bond acceptors (Lipinski definition) is 8. The highest BCUT2D eigenvalue weighted by atomic mass is 32.2. The Labute approximate surface area is 197 Å². The second-order valence-electron chi connectivity index (χ2n) is 6.90. The highest BCUT2D eigenvalue weighted by Crippen LogP contribution is 2.30. The Kier molecular flexibility index (Phi) is 6.27. The standard InChI is InChI=1S/C23H18N6O2S2/c30-22(25-13-18-9-5-11-31-18)19-14-32-20(26-19)15-33-23-28-27-21(16-6-4-10-24-12-16)29(23)17-7-2-1-3-8-17/h1-12,14H,13,15H2,(H,25,30). The predicted octanol–water partition coefficient (Wildman–Crippen LogP) is 4.60. The summed E-state index contributed by atoms with van der Waals surface area (Å²) in [7, 11) is 0. The van der Waals surface area contributed by atoms with Gasteiger partial charge < -0.3 is 9.73 Å². The minimum absolute atomic E-state index is 0.231. The molecular formula is C23H18N6O2S2. The Morgan fingerprint density at radius 2 is 2.00 bits per heavy atom. The third-order valence-electron chi connectivity index (χ3n) is 4.68. The molecule has 10 heteroatoms. The normalized spacial score (nSPS) is 10.9. The molecule has 0 unspecified atom stereocenters. The fraction of sp³-hybridized carbons (Fsp3) is 0.0870. The molecule has 0 aliphatic rings. The SMILES string of the molecule is O=C(NCc1ccco1)c1csc(CSc2nnc(-c3cccnc3)n2-c2ccccc2)n1. The van der Waals surface area contributed by atoms with Gasteiger partial charge in [-0.3, -0.25) is 14.3 Å². The highest BCUT2D eigenvalue weighted by Gasteiger charge is 2.17. The Morgan fingerprint density at radius 3 is 2.79 bits per heavy atom. The fourth-order valence-electron chi connectivity index (χ4n) is 3.13. The van der Waals surface area contributed by atoms with Crippen LogP contribution < -0.4 is 5.32 Å². The van der Waals surface area contributed by atoms with Crippen molar-refractivity contribution < 1.29 is 9.21 Å². The van der Waals surface area contributed by atoms with E-state index < -0.39 is 0 Å². The number of thioether (sulfide) groups is 1. The molecule has 0 saturated heterocycles. The molecule has 0 atom stereocenters. The second-order valence-corrected chi connectivity index (χ2v) is 8.78. The van der Waals surface area contributed by atoms with Gasteiger partial charge in [-0.05, 0) is 36.4 Å². The van der Waals surface area contributed by atoms with E-state index in [9.17, 15) is 4.79 Å². The number of furan rings is 1. The number of pyridine rings is 1. The number of thiazole rings is 1. The lowest BCUT2D eigenvalue weighted by Crippen LogP contribution is -2.22. The van der Waals surface area contributed by atoms with Gasteiger partial charge in [-0.25, -0.2) is 4.98 Å². The van der Waals surface area contributed by atoms with Crippen molar-refractivity contribution in [1.82, 2.24) is 30.0 Å². The predicted molar refractivity (Wildman–Crippen MR) is 126 cm³/mol. The smallest absolute Gasteiger partial charge is 0.271 e. The maximum Gasteiger partial charge on any atom is 0.271 e. The summed E-state index contributed by atoms with van der Waals surface area (Å²) in [4.78, 5) is 21.1. The summed E-state index contributed by atoms with van der Waals surface area (Å²) in [5, 5.41) is 15.0. The van der Waals surface area contributed by atoms with E-state index in [4.69, 9.17) is 4.42 Å². The molecule has 1 aromatic carbocycles. The van der Waals surface area contributed by atoms with Gasteiger partial charge in [-0.15, -0.1) is 21.5 Å². The number of nitrogens with zero attached hydrogens (tertiary/aromatic N) is 5. The summed E-state index contributed by atoms with van der Waals surface area (Å²) in [6, 6.07) is 17.4. The molecule has 0 bridgehead atoms. The number of benzene rings is 1. The van der Waals surface area contributed by atoms with Crippen LogP contribution in [-0.4, -0.2) is 30.6 Å². The largest absolute Gasteiger partial charge is 0.467 e. The topological polar surface area (TPSA) is 98.7 Å². The molecule has 1 amide bonds. The quantitative estimate of drug-likeness (QED) is 0.328. The number of rotatable bonds is 8. The van der Waals surface area contributed by atoms with Crippen molar-refractivity contribution in [2.45, 2.75) is 17.5 Å². The Hall–Kier alpha value is -3.76. The van der Waals surface area contributed by atoms with Crippen molar-refractivity contribution in [2.24, 2.45) is 0 Å². The zero-order valence-electron chi connectivity index (χ0n) is 17.3. The van der Waals surface area contributed by atoms with Crippen molar-refractivity contribution in [3.8, 4) is 17.1 Å². The number of hydrogen-bond donors (Lipinski definition) is 1. The molecule has 0 saturated carbocycles. The number of amides is 1. The van der Waals surface area contributed by atoms with Crippen molar-refractivity contribution >= 4 is 29.0 Å². The first-order valence-corrected chi connectivity index (χ1v) is 11.9. The summed E-state index contributed by atoms with van der Waals surface area (Å²) >= 11 is 2.96. The molecular weight excluding hydrogens is 456 g/mol. The lowest BCUT2D eigenvalue weighted by atomic mass is 10.2. The van der Waals surface area contributed by atoms with Crippen LogP contribution in [0.15, 0.2) is 88.2 Å². The monoisotopic (exact) mass is 474 g/mol. The van der Waals surface area contributed by atoms with Gasteiger partial charge in [0, 0.05) is 29.0 Å². The molecule has 0 aliphatic heterocycles. The Bertz CT molecular complexity index is 1330. The summed E-state index contributed by atoms with van der Waals surface area (Å²) in [5.74, 6) is 1.74. The molecule has 33 heavy (non-hydrogen) atoms. The van der Waals surface area contributed by atoms with Crippen molar-refractivity contribution in [3.63, 3.8) is 0 Å². The van der Waals surface area contributed by atoms with E-state index in [0.29, 0.717) is 29.6 Å². The maximum atomic E-state index is 12.4. The van der Waals surface area contributed by atoms with E-state index in [1.54, 1.807) is 30.1 Å². The van der Waals surface area contributed by atoms with Crippen molar-refractivity contribution in [3.05, 3.63) is 95.1 Å². The summed E-state index contributed by atoms with van der Waals surface area (Å²) in [6.07, 6.45) is 5.08. The molecule has 0 aliphatic carbocycles. The number of carbonyl (C=O) groups is 1. The molecule has 0 spiro atoms.